The molecule has 0 aromatic carbocycles. The topological polar surface area (TPSA) is 103 Å². The van der Waals surface area contributed by atoms with Gasteiger partial charge in [0.1, 0.15) is 17.6 Å². The first kappa shape index (κ1) is 17.2. The van der Waals surface area contributed by atoms with Crippen molar-refractivity contribution in [2.45, 2.75) is 38.3 Å². The summed E-state index contributed by atoms with van der Waals surface area (Å²) < 4.78 is 1.91. The van der Waals surface area contributed by atoms with Crippen LogP contribution < -0.4 is 40.0 Å². The molecule has 2 heterocycles. The number of rotatable bonds is 6. The number of nitrogens with one attached hydrogen (secondary N) is 1. The minimum atomic E-state index is -1.00. The molecule has 0 amide bonds. The Bertz CT molecular complexity index is 475. The maximum absolute atomic E-state index is 10.3. The Labute approximate surface area is 139 Å². The second kappa shape index (κ2) is 8.41. The van der Waals surface area contributed by atoms with Gasteiger partial charge in [-0.1, -0.05) is 6.42 Å². The zero-order valence-electron chi connectivity index (χ0n) is 11.6. The molecule has 104 valence electrons. The number of carboxylic acids is 1. The normalized spacial score (nSPS) is 16.8. The van der Waals surface area contributed by atoms with Crippen molar-refractivity contribution in [1.82, 2.24) is 9.55 Å². The number of aliphatic carboxylic acids is 1. The van der Waals surface area contributed by atoms with Gasteiger partial charge in [-0.15, -0.1) is 0 Å². The number of aliphatic imine (C=N–C) groups is 1. The van der Waals surface area contributed by atoms with E-state index in [0.717, 1.165) is 25.2 Å². The number of carboxylic acid groups (broad SMARTS) is 1. The monoisotopic (exact) mass is 288 g/mol. The van der Waals surface area contributed by atoms with Crippen LogP contribution in [0.15, 0.2) is 11.3 Å². The van der Waals surface area contributed by atoms with Crippen LogP contribution in [-0.4, -0.2) is 33.5 Å². The predicted octanol–water partition coefficient (Wildman–Crippen LogP) is -3.32. The van der Waals surface area contributed by atoms with E-state index in [1.807, 2.05) is 4.57 Å². The summed E-state index contributed by atoms with van der Waals surface area (Å²) in [6.45, 7) is 1.03. The number of aryl methyl sites for hydroxylation is 1. The van der Waals surface area contributed by atoms with Crippen LogP contribution in [0.4, 0.5) is 5.82 Å². The zero-order valence-corrected chi connectivity index (χ0v) is 13.6. The number of aliphatic hydroxyl groups excluding tert-OH is 1. The Morgan fingerprint density at radius 1 is 1.50 bits per heavy atom. The van der Waals surface area contributed by atoms with E-state index in [9.17, 15) is 15.0 Å². The average Bonchev–Trinajstić information content (AvgIpc) is 2.67. The number of aromatic nitrogens is 2. The number of aliphatic hydroxyl groups is 1. The van der Waals surface area contributed by atoms with Gasteiger partial charge in [0, 0.05) is 12.5 Å². The second-order valence-electron chi connectivity index (χ2n) is 4.51. The van der Waals surface area contributed by atoms with E-state index in [0.29, 0.717) is 18.7 Å². The minimum Gasteiger partial charge on any atom is -0.550 e. The van der Waals surface area contributed by atoms with Crippen LogP contribution in [0.5, 0.6) is 0 Å². The summed E-state index contributed by atoms with van der Waals surface area (Å²) in [7, 11) is 0. The van der Waals surface area contributed by atoms with Gasteiger partial charge < -0.3 is 24.9 Å². The summed E-state index contributed by atoms with van der Waals surface area (Å²) >= 11 is 0. The Balaban J connectivity index is 0.00000200. The van der Waals surface area contributed by atoms with Crippen LogP contribution in [0.2, 0.25) is 0 Å². The summed E-state index contributed by atoms with van der Waals surface area (Å²) in [5, 5.41) is 23.1. The Kier molecular flexibility index (Phi) is 7.22. The number of imidazole rings is 1. The molecular formula is C12H17N4NaO3. The number of hydrogen-bond donors (Lipinski definition) is 2. The van der Waals surface area contributed by atoms with Crippen LogP contribution in [0.3, 0.4) is 0 Å². The number of hydrogen-bond acceptors (Lipinski definition) is 6. The fourth-order valence-corrected chi connectivity index (χ4v) is 2.04. The van der Waals surface area contributed by atoms with Crippen molar-refractivity contribution in [2.24, 2.45) is 4.99 Å². The molecule has 0 saturated carbocycles. The van der Waals surface area contributed by atoms with Crippen molar-refractivity contribution in [2.75, 3.05) is 11.9 Å². The third-order valence-corrected chi connectivity index (χ3v) is 3.03. The molecule has 0 radical (unpaired) electrons. The molecule has 1 aliphatic heterocycles. The van der Waals surface area contributed by atoms with Crippen LogP contribution in [0.1, 0.15) is 37.5 Å². The van der Waals surface area contributed by atoms with Crippen LogP contribution in [0.25, 0.3) is 0 Å². The first-order chi connectivity index (χ1) is 9.18. The molecule has 7 nitrogen and oxygen atoms in total. The van der Waals surface area contributed by atoms with Gasteiger partial charge in [0.05, 0.1) is 19.2 Å². The fourth-order valence-electron chi connectivity index (χ4n) is 2.04. The molecule has 20 heavy (non-hydrogen) atoms. The van der Waals surface area contributed by atoms with Gasteiger partial charge in [0.15, 0.2) is 0 Å². The van der Waals surface area contributed by atoms with E-state index >= 15 is 0 Å². The van der Waals surface area contributed by atoms with Gasteiger partial charge in [-0.25, -0.2) is 4.98 Å². The molecule has 2 N–H and O–H groups in total. The van der Waals surface area contributed by atoms with Crippen molar-refractivity contribution in [3.63, 3.8) is 0 Å². The van der Waals surface area contributed by atoms with E-state index in [1.165, 1.54) is 0 Å². The number of nitrogens with zero attached hydrogens (tertiary/aromatic N) is 3. The second-order valence-corrected chi connectivity index (χ2v) is 4.51. The van der Waals surface area contributed by atoms with Crippen LogP contribution in [-0.2, 0) is 11.3 Å². The summed E-state index contributed by atoms with van der Waals surface area (Å²) in [6.07, 6.45) is 4.95. The molecule has 1 aliphatic rings. The van der Waals surface area contributed by atoms with Gasteiger partial charge >= 0.3 is 29.6 Å². The number of anilines is 1. The smallest absolute Gasteiger partial charge is 0.550 e. The molecule has 1 atom stereocenters. The molecule has 1 aromatic rings. The number of carbonyl (C=O) groups excluding carboxylic acids is 1. The SMILES string of the molecule is O=C([O-])CCCCCn1cnc2c1NC=NCC2O.[Na+]. The average molecular weight is 288 g/mol. The fraction of sp³-hybridized carbons (Fsp3) is 0.583. The van der Waals surface area contributed by atoms with Gasteiger partial charge in [0.2, 0.25) is 0 Å². The Hall–Kier alpha value is -0.890. The molecular weight excluding hydrogens is 271 g/mol. The zero-order chi connectivity index (χ0) is 13.7. The minimum absolute atomic E-state index is 0. The number of fused-ring (bicyclic) bond motifs is 1. The molecule has 1 aromatic heterocycles. The third kappa shape index (κ3) is 4.59. The molecule has 0 spiro atoms. The van der Waals surface area contributed by atoms with Crippen LogP contribution in [0, 0.1) is 0 Å². The maximum atomic E-state index is 10.3. The van der Waals surface area contributed by atoms with Gasteiger partial charge in [-0.2, -0.15) is 0 Å². The van der Waals surface area contributed by atoms with E-state index in [4.69, 9.17) is 0 Å². The molecule has 8 heteroatoms. The van der Waals surface area contributed by atoms with Crippen molar-refractivity contribution < 1.29 is 44.6 Å². The molecule has 0 aliphatic carbocycles. The van der Waals surface area contributed by atoms with Crippen molar-refractivity contribution >= 4 is 18.1 Å². The Morgan fingerprint density at radius 2 is 2.30 bits per heavy atom. The number of carbonyl (C=O) groups is 1. The van der Waals surface area contributed by atoms with Crippen molar-refractivity contribution in [3.05, 3.63) is 12.0 Å². The molecule has 0 bridgehead atoms. The largest absolute Gasteiger partial charge is 1.00 e. The standard InChI is InChI=1S/C12H18N4O3.Na/c17-9-6-13-7-14-12-11(9)15-8-16(12)5-3-1-2-4-10(18)19;/h7-9,17H,1-6H2,(H,13,14)(H,18,19);/q;+1/p-1. The van der Waals surface area contributed by atoms with Gasteiger partial charge in [0.25, 0.3) is 0 Å². The van der Waals surface area contributed by atoms with Crippen molar-refractivity contribution in [1.29, 1.82) is 0 Å². The van der Waals surface area contributed by atoms with E-state index in [-0.39, 0.29) is 36.0 Å². The first-order valence-corrected chi connectivity index (χ1v) is 6.36. The van der Waals surface area contributed by atoms with E-state index in [2.05, 4.69) is 15.3 Å². The molecule has 2 rings (SSSR count). The first-order valence-electron chi connectivity index (χ1n) is 6.36. The summed E-state index contributed by atoms with van der Waals surface area (Å²) in [4.78, 5) is 18.5. The van der Waals surface area contributed by atoms with E-state index in [1.54, 1.807) is 12.7 Å². The molecule has 0 saturated heterocycles. The summed E-state index contributed by atoms with van der Waals surface area (Å²) in [5.41, 5.74) is 0.604. The molecule has 0 fully saturated rings. The van der Waals surface area contributed by atoms with Crippen LogP contribution >= 0.6 is 0 Å². The van der Waals surface area contributed by atoms with Gasteiger partial charge in [-0.05, 0) is 19.3 Å². The van der Waals surface area contributed by atoms with Crippen molar-refractivity contribution in [3.8, 4) is 0 Å². The van der Waals surface area contributed by atoms with Gasteiger partial charge in [-0.3, -0.25) is 4.99 Å². The maximum Gasteiger partial charge on any atom is 1.00 e. The predicted molar refractivity (Wildman–Crippen MR) is 67.6 cm³/mol. The number of unbranched alkanes of at least 4 members (excludes halogenated alkanes) is 2. The summed E-state index contributed by atoms with van der Waals surface area (Å²) in [5.74, 6) is -0.244. The Morgan fingerprint density at radius 3 is 3.05 bits per heavy atom. The molecule has 1 unspecified atom stereocenters. The van der Waals surface area contributed by atoms with E-state index < -0.39 is 12.1 Å². The summed E-state index contributed by atoms with van der Waals surface area (Å²) in [6, 6.07) is 0. The quantitative estimate of drug-likeness (QED) is 0.421. The third-order valence-electron chi connectivity index (χ3n) is 3.03.